The highest BCUT2D eigenvalue weighted by molar-refractivity contribution is 6.73. The third-order valence-corrected chi connectivity index (χ3v) is 19.4. The fourth-order valence-electron chi connectivity index (χ4n) is 10.7. The Morgan fingerprint density at radius 2 is 1.65 bits per heavy atom. The lowest BCUT2D eigenvalue weighted by Crippen LogP contribution is -2.82. The van der Waals surface area contributed by atoms with Crippen LogP contribution < -0.4 is 0 Å². The van der Waals surface area contributed by atoms with Crippen LogP contribution in [0.2, 0.25) is 24.2 Å². The van der Waals surface area contributed by atoms with Crippen LogP contribution in [0.5, 0.6) is 0 Å². The number of carbonyl (C=O) groups is 2. The lowest BCUT2D eigenvalue weighted by atomic mass is 9.44. The van der Waals surface area contributed by atoms with Crippen molar-refractivity contribution in [2.75, 3.05) is 6.61 Å². The SMILES string of the molecule is CC[SiH2]OC1CC2(O)C(OC(=O)c3ccccc3)C3C4(OC(C)=O)COC4CC(O[Si](CC)(CC)CC)[C@@]3(C)C3OC(C)(C)OC3C(=C1C)C2(C)C. The van der Waals surface area contributed by atoms with E-state index in [1.165, 1.54) is 6.92 Å². The molecule has 3 aliphatic carbocycles. The van der Waals surface area contributed by atoms with Gasteiger partial charge in [-0.2, -0.15) is 0 Å². The molecule has 0 aromatic heterocycles. The molecular weight excluding hydrogens is 697 g/mol. The summed E-state index contributed by atoms with van der Waals surface area (Å²) in [5.74, 6) is -2.85. The molecule has 10 atom stereocenters. The Hall–Kier alpha value is -1.91. The summed E-state index contributed by atoms with van der Waals surface area (Å²) in [5.41, 5.74) is -2.65. The monoisotopic (exact) mass is 758 g/mol. The normalized spacial score (nSPS) is 39.1. The van der Waals surface area contributed by atoms with Gasteiger partial charge in [0, 0.05) is 30.6 Å². The summed E-state index contributed by atoms with van der Waals surface area (Å²) >= 11 is 0. The quantitative estimate of drug-likeness (QED) is 0.158. The van der Waals surface area contributed by atoms with Gasteiger partial charge in [-0.3, -0.25) is 4.79 Å². The van der Waals surface area contributed by atoms with Crippen molar-refractivity contribution in [2.24, 2.45) is 16.7 Å². The van der Waals surface area contributed by atoms with Crippen LogP contribution in [-0.2, 0) is 37.3 Å². The molecule has 1 N–H and O–H groups in total. The number of hydrogen-bond donors (Lipinski definition) is 1. The van der Waals surface area contributed by atoms with Gasteiger partial charge < -0.3 is 37.6 Å². The van der Waals surface area contributed by atoms with Gasteiger partial charge in [0.15, 0.2) is 29.5 Å². The Kier molecular flexibility index (Phi) is 10.7. The van der Waals surface area contributed by atoms with Crippen molar-refractivity contribution < 1.29 is 47.2 Å². The van der Waals surface area contributed by atoms with Gasteiger partial charge in [-0.25, -0.2) is 4.79 Å². The maximum absolute atomic E-state index is 14.4. The molecule has 6 rings (SSSR count). The highest BCUT2D eigenvalue weighted by Crippen LogP contribution is 2.68. The van der Waals surface area contributed by atoms with Crippen molar-refractivity contribution in [2.45, 2.75) is 167 Å². The molecule has 0 radical (unpaired) electrons. The Labute approximate surface area is 313 Å². The molecule has 1 aromatic carbocycles. The van der Waals surface area contributed by atoms with E-state index in [4.69, 9.17) is 32.5 Å². The van der Waals surface area contributed by atoms with E-state index in [0.29, 0.717) is 12.0 Å². The second kappa shape index (κ2) is 14.0. The molecule has 10 nitrogen and oxygen atoms in total. The second-order valence-corrected chi connectivity index (χ2v) is 23.6. The Morgan fingerprint density at radius 3 is 2.21 bits per heavy atom. The highest BCUT2D eigenvalue weighted by Gasteiger charge is 2.79. The number of aliphatic hydroxyl groups is 1. The molecule has 4 fully saturated rings. The number of ether oxygens (including phenoxy) is 5. The summed E-state index contributed by atoms with van der Waals surface area (Å²) in [6.45, 7) is 22.4. The fourth-order valence-corrected chi connectivity index (χ4v) is 14.5. The van der Waals surface area contributed by atoms with Gasteiger partial charge in [0.05, 0.1) is 36.4 Å². The predicted octanol–water partition coefficient (Wildman–Crippen LogP) is 6.25. The van der Waals surface area contributed by atoms with E-state index >= 15 is 0 Å². The summed E-state index contributed by atoms with van der Waals surface area (Å²) in [7, 11) is -3.22. The Bertz CT molecular complexity index is 1540. The molecule has 0 amide bonds. The average molecular weight is 759 g/mol. The number of fused-ring (bicyclic) bond motifs is 8. The van der Waals surface area contributed by atoms with E-state index < -0.39 is 100 Å². The van der Waals surface area contributed by atoms with E-state index in [1.54, 1.807) is 24.3 Å². The third-order valence-electron chi connectivity index (χ3n) is 13.7. The fraction of sp³-hybridized carbons (Fsp3) is 0.750. The molecule has 2 saturated carbocycles. The summed E-state index contributed by atoms with van der Waals surface area (Å²) in [6, 6.07) is 12.6. The zero-order valence-electron chi connectivity index (χ0n) is 33.2. The zero-order chi connectivity index (χ0) is 38.1. The van der Waals surface area contributed by atoms with E-state index in [2.05, 4.69) is 41.5 Å². The summed E-state index contributed by atoms with van der Waals surface area (Å²) < 4.78 is 48.0. The molecule has 0 spiro atoms. The van der Waals surface area contributed by atoms with Gasteiger partial charge in [-0.05, 0) is 68.2 Å². The summed E-state index contributed by atoms with van der Waals surface area (Å²) in [5, 5.41) is 13.8. The van der Waals surface area contributed by atoms with Crippen molar-refractivity contribution in [3.05, 3.63) is 47.0 Å². The van der Waals surface area contributed by atoms with E-state index in [-0.39, 0.29) is 13.0 Å². The minimum Gasteiger partial charge on any atom is -0.455 e. The van der Waals surface area contributed by atoms with Crippen molar-refractivity contribution in [1.82, 2.24) is 0 Å². The number of esters is 2. The molecule has 5 aliphatic rings. The van der Waals surface area contributed by atoms with Gasteiger partial charge in [0.25, 0.3) is 0 Å². The first-order valence-corrected chi connectivity index (χ1v) is 23.7. The molecule has 2 bridgehead atoms. The largest absolute Gasteiger partial charge is 0.455 e. The summed E-state index contributed by atoms with van der Waals surface area (Å²) in [6.07, 6.45) is -3.20. The van der Waals surface area contributed by atoms with Crippen molar-refractivity contribution in [1.29, 1.82) is 0 Å². The van der Waals surface area contributed by atoms with E-state index in [1.807, 2.05) is 33.8 Å². The van der Waals surface area contributed by atoms with Gasteiger partial charge in [-0.1, -0.05) is 66.7 Å². The van der Waals surface area contributed by atoms with Crippen molar-refractivity contribution in [3.63, 3.8) is 0 Å². The Balaban J connectivity index is 1.69. The van der Waals surface area contributed by atoms with Crippen LogP contribution in [0, 0.1) is 16.7 Å². The molecule has 2 heterocycles. The van der Waals surface area contributed by atoms with Crippen molar-refractivity contribution >= 4 is 30.0 Å². The molecule has 52 heavy (non-hydrogen) atoms. The molecule has 9 unspecified atom stereocenters. The van der Waals surface area contributed by atoms with Gasteiger partial charge in [-0.15, -0.1) is 0 Å². The molecule has 2 saturated heterocycles. The Morgan fingerprint density at radius 1 is 1.00 bits per heavy atom. The van der Waals surface area contributed by atoms with E-state index in [9.17, 15) is 14.7 Å². The van der Waals surface area contributed by atoms with Crippen LogP contribution in [0.15, 0.2) is 41.5 Å². The first-order valence-electron chi connectivity index (χ1n) is 19.6. The van der Waals surface area contributed by atoms with Crippen LogP contribution in [0.3, 0.4) is 0 Å². The first-order chi connectivity index (χ1) is 24.4. The van der Waals surface area contributed by atoms with Gasteiger partial charge >= 0.3 is 11.9 Å². The van der Waals surface area contributed by atoms with Gasteiger partial charge in [0.2, 0.25) is 0 Å². The minimum absolute atomic E-state index is 0.0874. The third kappa shape index (κ3) is 6.02. The standard InChI is InChI=1S/C40H62O10Si2/c1-12-51-49-27-22-40(43)34(45-35(42)26-19-17-16-18-20-26)32-38(11,33-31(47-37(9,10)48-33)30(24(27)5)36(40,7)8)28(50-52(13-2,14-3)15-4)21-29-39(32,23-44-29)46-25(6)41/h16-20,27-29,31-34,43H,12-15,21-23,51H2,1-11H3/t27?,28?,29?,31?,32?,33?,34?,38-,39?,40?/m1/s1. The van der Waals surface area contributed by atoms with Crippen LogP contribution >= 0.6 is 0 Å². The van der Waals surface area contributed by atoms with Crippen LogP contribution in [0.4, 0.5) is 0 Å². The smallest absolute Gasteiger partial charge is 0.338 e. The predicted molar refractivity (Wildman–Crippen MR) is 202 cm³/mol. The molecular formula is C40H62O10Si2. The number of carbonyl (C=O) groups excluding carboxylic acids is 2. The average Bonchev–Trinajstić information content (AvgIpc) is 3.42. The lowest BCUT2D eigenvalue weighted by molar-refractivity contribution is -0.361. The molecule has 290 valence electrons. The second-order valence-electron chi connectivity index (χ2n) is 17.2. The number of rotatable bonds is 11. The summed E-state index contributed by atoms with van der Waals surface area (Å²) in [4.78, 5) is 27.7. The molecule has 12 heteroatoms. The highest BCUT2D eigenvalue weighted by atomic mass is 28.4. The van der Waals surface area contributed by atoms with E-state index in [0.717, 1.165) is 35.3 Å². The molecule has 2 aliphatic heterocycles. The number of hydrogen-bond acceptors (Lipinski definition) is 10. The lowest BCUT2D eigenvalue weighted by Gasteiger charge is -2.70. The maximum atomic E-state index is 14.4. The minimum atomic E-state index is -2.30. The zero-order valence-corrected chi connectivity index (χ0v) is 35.6. The van der Waals surface area contributed by atoms with Crippen LogP contribution in [-0.4, -0.2) is 95.3 Å². The van der Waals surface area contributed by atoms with Crippen molar-refractivity contribution in [3.8, 4) is 0 Å². The molecule has 1 aromatic rings. The topological polar surface area (TPSA) is 119 Å². The first kappa shape index (κ1) is 39.8. The van der Waals surface area contributed by atoms with Crippen LogP contribution in [0.1, 0.15) is 99.4 Å². The number of benzene rings is 1. The van der Waals surface area contributed by atoms with Gasteiger partial charge in [0.1, 0.15) is 23.9 Å². The maximum Gasteiger partial charge on any atom is 0.338 e. The van der Waals surface area contributed by atoms with Crippen LogP contribution in [0.25, 0.3) is 0 Å².